The molecule has 0 aliphatic carbocycles. The number of rotatable bonds is 2. The zero-order valence-corrected chi connectivity index (χ0v) is 9.95. The van der Waals surface area contributed by atoms with Crippen molar-refractivity contribution < 1.29 is 9.53 Å². The Morgan fingerprint density at radius 2 is 2.00 bits per heavy atom. The van der Waals surface area contributed by atoms with E-state index in [-0.39, 0.29) is 0 Å². The van der Waals surface area contributed by atoms with Gasteiger partial charge in [-0.2, -0.15) is 0 Å². The fourth-order valence-electron chi connectivity index (χ4n) is 0.998. The van der Waals surface area contributed by atoms with Gasteiger partial charge in [-0.1, -0.05) is 29.8 Å². The molecule has 0 aromatic heterocycles. The molecular weight excluding hydrogens is 235 g/mol. The first-order valence-electron chi connectivity index (χ1n) is 4.25. The van der Waals surface area contributed by atoms with E-state index in [0.29, 0.717) is 26.9 Å². The predicted octanol–water partition coefficient (Wildman–Crippen LogP) is 3.78. The van der Waals surface area contributed by atoms with E-state index in [1.165, 1.54) is 6.07 Å². The molecule has 1 rings (SSSR count). The highest BCUT2D eigenvalue weighted by Crippen LogP contribution is 2.32. The second kappa shape index (κ2) is 4.69. The Morgan fingerprint density at radius 1 is 1.40 bits per heavy atom. The van der Waals surface area contributed by atoms with E-state index in [1.807, 2.05) is 0 Å². The number of ether oxygens (including phenoxy) is 1. The Labute approximate surface area is 98.4 Å². The Balaban J connectivity index is 3.05. The molecule has 1 aromatic carbocycles. The number of hydrogen-bond donors (Lipinski definition) is 0. The molecule has 1 aromatic rings. The van der Waals surface area contributed by atoms with Crippen LogP contribution in [0.2, 0.25) is 10.0 Å². The van der Waals surface area contributed by atoms with Crippen LogP contribution in [-0.2, 0) is 4.79 Å². The van der Waals surface area contributed by atoms with Crippen LogP contribution in [0.1, 0.15) is 12.5 Å². The maximum absolute atomic E-state index is 11.3. The van der Waals surface area contributed by atoms with E-state index >= 15 is 0 Å². The standard InChI is InChI=1S/C11H10Cl2O2/c1-6(2)11(14)15-10-7(3)4-8(12)5-9(10)13/h4-5H,1H2,2-3H3. The van der Waals surface area contributed by atoms with Gasteiger partial charge in [0.1, 0.15) is 0 Å². The van der Waals surface area contributed by atoms with Crippen molar-refractivity contribution in [3.8, 4) is 5.75 Å². The van der Waals surface area contributed by atoms with E-state index in [2.05, 4.69) is 6.58 Å². The fraction of sp³-hybridized carbons (Fsp3) is 0.182. The number of carbonyl (C=O) groups excluding carboxylic acids is 1. The molecule has 2 nitrogen and oxygen atoms in total. The highest BCUT2D eigenvalue weighted by atomic mass is 35.5. The van der Waals surface area contributed by atoms with Gasteiger partial charge in [0, 0.05) is 10.6 Å². The van der Waals surface area contributed by atoms with Gasteiger partial charge in [-0.05, 0) is 31.5 Å². The number of carbonyl (C=O) groups is 1. The van der Waals surface area contributed by atoms with Crippen LogP contribution >= 0.6 is 23.2 Å². The Kier molecular flexibility index (Phi) is 3.77. The number of esters is 1. The van der Waals surface area contributed by atoms with Crippen LogP contribution < -0.4 is 4.74 Å². The van der Waals surface area contributed by atoms with Gasteiger partial charge in [-0.3, -0.25) is 0 Å². The molecule has 0 N–H and O–H groups in total. The molecule has 0 atom stereocenters. The van der Waals surface area contributed by atoms with Crippen molar-refractivity contribution in [2.45, 2.75) is 13.8 Å². The predicted molar refractivity (Wildman–Crippen MR) is 61.6 cm³/mol. The lowest BCUT2D eigenvalue weighted by molar-refractivity contribution is -0.130. The summed E-state index contributed by atoms with van der Waals surface area (Å²) in [5.41, 5.74) is 1.03. The van der Waals surface area contributed by atoms with Gasteiger partial charge < -0.3 is 4.74 Å². The van der Waals surface area contributed by atoms with Gasteiger partial charge in [-0.15, -0.1) is 0 Å². The first-order valence-corrected chi connectivity index (χ1v) is 5.00. The van der Waals surface area contributed by atoms with Crippen LogP contribution in [0.4, 0.5) is 0 Å². The molecule has 0 saturated heterocycles. The van der Waals surface area contributed by atoms with E-state index in [0.717, 1.165) is 0 Å². The molecule has 0 radical (unpaired) electrons. The van der Waals surface area contributed by atoms with Gasteiger partial charge in [0.25, 0.3) is 0 Å². The minimum atomic E-state index is -0.498. The number of aryl methyl sites for hydroxylation is 1. The second-order valence-electron chi connectivity index (χ2n) is 3.20. The number of hydrogen-bond acceptors (Lipinski definition) is 2. The molecular formula is C11H10Cl2O2. The maximum Gasteiger partial charge on any atom is 0.338 e. The lowest BCUT2D eigenvalue weighted by atomic mass is 10.2. The molecule has 0 heterocycles. The second-order valence-corrected chi connectivity index (χ2v) is 4.05. The molecule has 0 unspecified atom stereocenters. The van der Waals surface area contributed by atoms with Crippen molar-refractivity contribution >= 4 is 29.2 Å². The van der Waals surface area contributed by atoms with Gasteiger partial charge in [0.15, 0.2) is 5.75 Å². The molecule has 0 bridgehead atoms. The first kappa shape index (κ1) is 12.1. The van der Waals surface area contributed by atoms with Crippen LogP contribution in [0.5, 0.6) is 5.75 Å². The highest BCUT2D eigenvalue weighted by molar-refractivity contribution is 6.35. The van der Waals surface area contributed by atoms with Gasteiger partial charge >= 0.3 is 5.97 Å². The fourth-order valence-corrected chi connectivity index (χ4v) is 1.63. The minimum absolute atomic E-state index is 0.314. The summed E-state index contributed by atoms with van der Waals surface area (Å²) in [7, 11) is 0. The third-order valence-corrected chi connectivity index (χ3v) is 2.24. The normalized spacial score (nSPS) is 9.87. The Morgan fingerprint density at radius 3 is 2.47 bits per heavy atom. The highest BCUT2D eigenvalue weighted by Gasteiger charge is 2.12. The molecule has 80 valence electrons. The first-order chi connectivity index (χ1) is 6.91. The summed E-state index contributed by atoms with van der Waals surface area (Å²) in [5.74, 6) is -0.170. The van der Waals surface area contributed by atoms with E-state index < -0.39 is 5.97 Å². The quantitative estimate of drug-likeness (QED) is 0.450. The van der Waals surface area contributed by atoms with Crippen molar-refractivity contribution in [2.24, 2.45) is 0 Å². The van der Waals surface area contributed by atoms with Crippen LogP contribution in [-0.4, -0.2) is 5.97 Å². The summed E-state index contributed by atoms with van der Waals surface area (Å²) >= 11 is 11.7. The molecule has 0 fully saturated rings. The summed E-state index contributed by atoms with van der Waals surface area (Å²) < 4.78 is 5.06. The summed E-state index contributed by atoms with van der Waals surface area (Å²) in [6.07, 6.45) is 0. The lowest BCUT2D eigenvalue weighted by Gasteiger charge is -2.09. The van der Waals surface area contributed by atoms with Crippen molar-refractivity contribution in [1.29, 1.82) is 0 Å². The SMILES string of the molecule is C=C(C)C(=O)Oc1c(C)cc(Cl)cc1Cl. The van der Waals surface area contributed by atoms with E-state index in [4.69, 9.17) is 27.9 Å². The van der Waals surface area contributed by atoms with Crippen LogP contribution in [0.15, 0.2) is 24.3 Å². The van der Waals surface area contributed by atoms with Gasteiger partial charge in [0.05, 0.1) is 5.02 Å². The summed E-state index contributed by atoms with van der Waals surface area (Å²) in [5, 5.41) is 0.822. The topological polar surface area (TPSA) is 26.3 Å². The average molecular weight is 245 g/mol. The van der Waals surface area contributed by atoms with Crippen molar-refractivity contribution in [2.75, 3.05) is 0 Å². The van der Waals surface area contributed by atoms with E-state index in [9.17, 15) is 4.79 Å². The summed E-state index contributed by atoms with van der Waals surface area (Å²) in [6.45, 7) is 6.82. The zero-order valence-electron chi connectivity index (χ0n) is 8.43. The number of halogens is 2. The smallest absolute Gasteiger partial charge is 0.338 e. The minimum Gasteiger partial charge on any atom is -0.421 e. The van der Waals surface area contributed by atoms with Gasteiger partial charge in [0.2, 0.25) is 0 Å². The molecule has 0 spiro atoms. The zero-order chi connectivity index (χ0) is 11.6. The molecule has 4 heteroatoms. The average Bonchev–Trinajstić information content (AvgIpc) is 2.10. The maximum atomic E-state index is 11.3. The van der Waals surface area contributed by atoms with Crippen LogP contribution in [0.3, 0.4) is 0 Å². The monoisotopic (exact) mass is 244 g/mol. The third kappa shape index (κ3) is 2.98. The third-order valence-electron chi connectivity index (χ3n) is 1.74. The Hall–Kier alpha value is -0.990. The summed E-state index contributed by atoms with van der Waals surface area (Å²) in [4.78, 5) is 11.3. The molecule has 0 aliphatic rings. The lowest BCUT2D eigenvalue weighted by Crippen LogP contribution is -2.09. The van der Waals surface area contributed by atoms with Crippen LogP contribution in [0.25, 0.3) is 0 Å². The number of benzene rings is 1. The molecule has 0 amide bonds. The largest absolute Gasteiger partial charge is 0.421 e. The molecule has 0 saturated carbocycles. The van der Waals surface area contributed by atoms with Crippen molar-refractivity contribution in [1.82, 2.24) is 0 Å². The molecule has 15 heavy (non-hydrogen) atoms. The molecule has 0 aliphatic heterocycles. The van der Waals surface area contributed by atoms with Crippen molar-refractivity contribution in [3.63, 3.8) is 0 Å². The Bertz CT molecular complexity index is 402. The van der Waals surface area contributed by atoms with Crippen molar-refractivity contribution in [3.05, 3.63) is 39.9 Å². The van der Waals surface area contributed by atoms with Crippen LogP contribution in [0, 0.1) is 6.92 Å². The van der Waals surface area contributed by atoms with Gasteiger partial charge in [-0.25, -0.2) is 4.79 Å². The summed E-state index contributed by atoms with van der Waals surface area (Å²) in [6, 6.07) is 3.20. The van der Waals surface area contributed by atoms with E-state index in [1.54, 1.807) is 19.9 Å².